The normalized spacial score (nSPS) is 11.2. The number of benzene rings is 2. The zero-order valence-corrected chi connectivity index (χ0v) is 12.2. The van der Waals surface area contributed by atoms with Gasteiger partial charge in [-0.3, -0.25) is 0 Å². The van der Waals surface area contributed by atoms with Crippen LogP contribution >= 0.6 is 0 Å². The van der Waals surface area contributed by atoms with Crippen LogP contribution in [-0.2, 0) is 0 Å². The van der Waals surface area contributed by atoms with Crippen molar-refractivity contribution in [2.75, 3.05) is 14.2 Å². The maximum atomic E-state index is 9.50. The number of rotatable bonds is 5. The third kappa shape index (κ3) is 3.76. The number of methoxy groups -OCH3 is 2. The molecular weight excluding hydrogens is 284 g/mol. The molecule has 0 aliphatic carbocycles. The minimum atomic E-state index is 0.0688. The number of phenols is 2. The van der Waals surface area contributed by atoms with Crippen LogP contribution in [0.15, 0.2) is 46.6 Å². The van der Waals surface area contributed by atoms with Crippen molar-refractivity contribution in [1.29, 1.82) is 0 Å². The van der Waals surface area contributed by atoms with Gasteiger partial charge < -0.3 is 19.7 Å². The molecule has 0 unspecified atom stereocenters. The fourth-order valence-corrected chi connectivity index (χ4v) is 1.75. The minimum Gasteiger partial charge on any atom is -0.504 e. The SMILES string of the molecule is COc1cc(/C=N/N=C/c2ccc(O)c(OC)c2)ccc1O. The molecule has 0 aromatic heterocycles. The Morgan fingerprint density at radius 2 is 1.18 bits per heavy atom. The average Bonchev–Trinajstić information content (AvgIpc) is 2.54. The Morgan fingerprint density at radius 1 is 0.773 bits per heavy atom. The minimum absolute atomic E-state index is 0.0688. The van der Waals surface area contributed by atoms with Gasteiger partial charge in [-0.15, -0.1) is 0 Å². The van der Waals surface area contributed by atoms with Gasteiger partial charge in [0.2, 0.25) is 0 Å². The summed E-state index contributed by atoms with van der Waals surface area (Å²) in [5.74, 6) is 0.881. The number of hydrogen-bond acceptors (Lipinski definition) is 6. The molecule has 0 saturated heterocycles. The van der Waals surface area contributed by atoms with Gasteiger partial charge in [0.15, 0.2) is 23.0 Å². The summed E-state index contributed by atoms with van der Waals surface area (Å²) in [5, 5.41) is 26.8. The zero-order chi connectivity index (χ0) is 15.9. The number of ether oxygens (including phenoxy) is 2. The highest BCUT2D eigenvalue weighted by Gasteiger charge is 2.01. The molecule has 2 aromatic rings. The fraction of sp³-hybridized carbons (Fsp3) is 0.125. The van der Waals surface area contributed by atoms with Crippen LogP contribution in [0.5, 0.6) is 23.0 Å². The molecule has 114 valence electrons. The maximum absolute atomic E-state index is 9.50. The van der Waals surface area contributed by atoms with E-state index in [0.717, 1.165) is 11.1 Å². The Balaban J connectivity index is 2.08. The number of aromatic hydroxyl groups is 2. The molecule has 0 fully saturated rings. The first-order chi connectivity index (χ1) is 10.6. The molecule has 0 amide bonds. The van der Waals surface area contributed by atoms with E-state index in [1.165, 1.54) is 38.8 Å². The van der Waals surface area contributed by atoms with Gasteiger partial charge in [0.05, 0.1) is 26.6 Å². The van der Waals surface area contributed by atoms with E-state index in [1.807, 2.05) is 0 Å². The summed E-state index contributed by atoms with van der Waals surface area (Å²) in [6.45, 7) is 0. The second kappa shape index (κ2) is 7.12. The van der Waals surface area contributed by atoms with Gasteiger partial charge in [0, 0.05) is 0 Å². The first-order valence-corrected chi connectivity index (χ1v) is 6.44. The lowest BCUT2D eigenvalue weighted by atomic mass is 10.2. The molecule has 2 aromatic carbocycles. The Kier molecular flexibility index (Phi) is 4.98. The van der Waals surface area contributed by atoms with Crippen LogP contribution in [0.4, 0.5) is 0 Å². The molecule has 6 heteroatoms. The van der Waals surface area contributed by atoms with Crippen LogP contribution in [0.25, 0.3) is 0 Å². The Hall–Kier alpha value is -3.02. The van der Waals surface area contributed by atoms with Crippen molar-refractivity contribution in [1.82, 2.24) is 0 Å². The van der Waals surface area contributed by atoms with E-state index < -0.39 is 0 Å². The standard InChI is InChI=1S/C16H16N2O4/c1-21-15-7-11(3-5-13(15)19)9-17-18-10-12-4-6-14(20)16(8-12)22-2/h3-10,19-20H,1-2H3/b17-9+,18-10+. The summed E-state index contributed by atoms with van der Waals surface area (Å²) in [7, 11) is 2.96. The number of hydrogen-bond donors (Lipinski definition) is 2. The van der Waals surface area contributed by atoms with E-state index >= 15 is 0 Å². The molecule has 2 rings (SSSR count). The summed E-state index contributed by atoms with van der Waals surface area (Å²) in [5.41, 5.74) is 1.49. The maximum Gasteiger partial charge on any atom is 0.161 e. The highest BCUT2D eigenvalue weighted by atomic mass is 16.5. The smallest absolute Gasteiger partial charge is 0.161 e. The Bertz CT molecular complexity index is 650. The zero-order valence-electron chi connectivity index (χ0n) is 12.2. The molecule has 0 aliphatic heterocycles. The van der Waals surface area contributed by atoms with E-state index in [2.05, 4.69) is 10.2 Å². The molecule has 0 atom stereocenters. The summed E-state index contributed by atoms with van der Waals surface area (Å²) in [6, 6.07) is 9.74. The fourth-order valence-electron chi connectivity index (χ4n) is 1.75. The largest absolute Gasteiger partial charge is 0.504 e. The second-order valence-corrected chi connectivity index (χ2v) is 4.35. The van der Waals surface area contributed by atoms with Gasteiger partial charge in [0.1, 0.15) is 0 Å². The summed E-state index contributed by atoms with van der Waals surface area (Å²) in [6.07, 6.45) is 3.08. The predicted octanol–water partition coefficient (Wildman–Crippen LogP) is 2.57. The van der Waals surface area contributed by atoms with Crippen molar-refractivity contribution in [3.05, 3.63) is 47.5 Å². The Labute approximate surface area is 128 Å². The summed E-state index contributed by atoms with van der Waals surface area (Å²) >= 11 is 0. The van der Waals surface area contributed by atoms with Crippen LogP contribution in [0.3, 0.4) is 0 Å². The lowest BCUT2D eigenvalue weighted by Crippen LogP contribution is -1.88. The van der Waals surface area contributed by atoms with Gasteiger partial charge in [-0.2, -0.15) is 10.2 Å². The van der Waals surface area contributed by atoms with Crippen molar-refractivity contribution in [2.45, 2.75) is 0 Å². The molecule has 0 radical (unpaired) electrons. The molecular formula is C16H16N2O4. The van der Waals surface area contributed by atoms with E-state index in [0.29, 0.717) is 11.5 Å². The van der Waals surface area contributed by atoms with Crippen molar-refractivity contribution in [3.63, 3.8) is 0 Å². The van der Waals surface area contributed by atoms with Crippen LogP contribution in [0.2, 0.25) is 0 Å². The first kappa shape index (κ1) is 15.4. The third-order valence-corrected chi connectivity index (χ3v) is 2.89. The molecule has 0 spiro atoms. The van der Waals surface area contributed by atoms with Crippen LogP contribution < -0.4 is 9.47 Å². The number of phenolic OH excluding ortho intramolecular Hbond substituents is 2. The molecule has 0 saturated carbocycles. The van der Waals surface area contributed by atoms with Crippen molar-refractivity contribution in [2.24, 2.45) is 10.2 Å². The third-order valence-electron chi connectivity index (χ3n) is 2.89. The highest BCUT2D eigenvalue weighted by molar-refractivity contribution is 5.83. The van der Waals surface area contributed by atoms with Crippen LogP contribution in [0.1, 0.15) is 11.1 Å². The lowest BCUT2D eigenvalue weighted by Gasteiger charge is -2.03. The predicted molar refractivity (Wildman–Crippen MR) is 84.5 cm³/mol. The summed E-state index contributed by atoms with van der Waals surface area (Å²) < 4.78 is 10.0. The van der Waals surface area contributed by atoms with Gasteiger partial charge >= 0.3 is 0 Å². The Morgan fingerprint density at radius 3 is 1.55 bits per heavy atom. The van der Waals surface area contributed by atoms with Crippen LogP contribution in [0, 0.1) is 0 Å². The van der Waals surface area contributed by atoms with Gasteiger partial charge in [-0.05, 0) is 47.5 Å². The first-order valence-electron chi connectivity index (χ1n) is 6.44. The van der Waals surface area contributed by atoms with Crippen molar-refractivity contribution < 1.29 is 19.7 Å². The number of nitrogens with zero attached hydrogens (tertiary/aromatic N) is 2. The summed E-state index contributed by atoms with van der Waals surface area (Å²) in [4.78, 5) is 0. The van der Waals surface area contributed by atoms with Gasteiger partial charge in [-0.1, -0.05) is 0 Å². The molecule has 22 heavy (non-hydrogen) atoms. The molecule has 6 nitrogen and oxygen atoms in total. The van der Waals surface area contributed by atoms with Crippen LogP contribution in [-0.4, -0.2) is 36.9 Å². The topological polar surface area (TPSA) is 83.6 Å². The lowest BCUT2D eigenvalue weighted by molar-refractivity contribution is 0.373. The van der Waals surface area contributed by atoms with E-state index in [-0.39, 0.29) is 11.5 Å². The van der Waals surface area contributed by atoms with Crippen molar-refractivity contribution in [3.8, 4) is 23.0 Å². The monoisotopic (exact) mass is 300 g/mol. The molecule has 0 heterocycles. The highest BCUT2D eigenvalue weighted by Crippen LogP contribution is 2.26. The van der Waals surface area contributed by atoms with E-state index in [9.17, 15) is 10.2 Å². The van der Waals surface area contributed by atoms with E-state index in [1.54, 1.807) is 24.3 Å². The molecule has 2 N–H and O–H groups in total. The molecule has 0 bridgehead atoms. The second-order valence-electron chi connectivity index (χ2n) is 4.35. The van der Waals surface area contributed by atoms with Gasteiger partial charge in [-0.25, -0.2) is 0 Å². The van der Waals surface area contributed by atoms with Gasteiger partial charge in [0.25, 0.3) is 0 Å². The average molecular weight is 300 g/mol. The molecule has 0 aliphatic rings. The van der Waals surface area contributed by atoms with Crippen molar-refractivity contribution >= 4 is 12.4 Å². The quantitative estimate of drug-likeness (QED) is 0.656. The van der Waals surface area contributed by atoms with E-state index in [4.69, 9.17) is 9.47 Å².